The van der Waals surface area contributed by atoms with Crippen molar-refractivity contribution in [2.24, 2.45) is 5.92 Å². The molecule has 2 nitrogen and oxygen atoms in total. The van der Waals surface area contributed by atoms with E-state index in [1.807, 2.05) is 0 Å². The first kappa shape index (κ1) is 15.8. The molecule has 3 heteroatoms. The molecule has 0 bridgehead atoms. The van der Waals surface area contributed by atoms with E-state index in [1.54, 1.807) is 0 Å². The van der Waals surface area contributed by atoms with Gasteiger partial charge in [0.2, 0.25) is 0 Å². The summed E-state index contributed by atoms with van der Waals surface area (Å²) in [5.74, 6) is 4.81. The number of piperidine rings is 1. The molecule has 112 valence electrons. The molecule has 0 aromatic heterocycles. The lowest BCUT2D eigenvalue weighted by atomic mass is 9.83. The lowest BCUT2D eigenvalue weighted by molar-refractivity contribution is -0.121. The number of carbonyl (C=O) groups excluding carboxylic acids is 1. The van der Waals surface area contributed by atoms with E-state index in [1.165, 1.54) is 32.1 Å². The summed E-state index contributed by atoms with van der Waals surface area (Å²) in [6.45, 7) is 8.81. The molecular formula is C17H29NOSi. The second-order valence-electron chi connectivity index (χ2n) is 7.44. The van der Waals surface area contributed by atoms with Crippen LogP contribution in [0.2, 0.25) is 19.6 Å². The number of rotatable bonds is 2. The molecule has 1 aliphatic heterocycles. The summed E-state index contributed by atoms with van der Waals surface area (Å²) in [5, 5.41) is 0. The SMILES string of the molecule is C[Si](C)(C)C#C[C@H](C1CCCCC1)N1CCC(=O)CC1. The highest BCUT2D eigenvalue weighted by Crippen LogP contribution is 2.30. The monoisotopic (exact) mass is 291 g/mol. The zero-order valence-electron chi connectivity index (χ0n) is 13.4. The zero-order chi connectivity index (χ0) is 14.6. The lowest BCUT2D eigenvalue weighted by Crippen LogP contribution is -2.45. The summed E-state index contributed by atoms with van der Waals surface area (Å²) in [7, 11) is -1.32. The van der Waals surface area contributed by atoms with Crippen LogP contribution in [0, 0.1) is 17.4 Å². The molecular weight excluding hydrogens is 262 g/mol. The second kappa shape index (κ2) is 6.91. The van der Waals surface area contributed by atoms with E-state index in [2.05, 4.69) is 36.0 Å². The Labute approximate surface area is 125 Å². The molecule has 2 rings (SSSR count). The van der Waals surface area contributed by atoms with Gasteiger partial charge in [-0.15, -0.1) is 5.54 Å². The third kappa shape index (κ3) is 4.75. The Morgan fingerprint density at radius 3 is 2.25 bits per heavy atom. The number of hydrogen-bond donors (Lipinski definition) is 0. The standard InChI is InChI=1S/C17H29NOSi/c1-20(2,3)14-11-17(15-7-5-4-6-8-15)18-12-9-16(19)10-13-18/h15,17H,4-10,12-13H2,1-3H3/t17-/m1/s1. The highest BCUT2D eigenvalue weighted by molar-refractivity contribution is 6.83. The van der Waals surface area contributed by atoms with Crippen LogP contribution in [-0.4, -0.2) is 37.9 Å². The number of nitrogens with zero attached hydrogens (tertiary/aromatic N) is 1. The van der Waals surface area contributed by atoms with Gasteiger partial charge < -0.3 is 0 Å². The molecule has 0 unspecified atom stereocenters. The van der Waals surface area contributed by atoms with Crippen LogP contribution in [-0.2, 0) is 4.79 Å². The molecule has 0 radical (unpaired) electrons. The average Bonchev–Trinajstić information content (AvgIpc) is 2.41. The van der Waals surface area contributed by atoms with Crippen molar-refractivity contribution >= 4 is 13.9 Å². The normalized spacial score (nSPS) is 24.1. The summed E-state index contributed by atoms with van der Waals surface area (Å²) >= 11 is 0. The van der Waals surface area contributed by atoms with Crippen molar-refractivity contribution in [3.05, 3.63) is 0 Å². The Morgan fingerprint density at radius 1 is 1.10 bits per heavy atom. The van der Waals surface area contributed by atoms with Crippen molar-refractivity contribution in [2.75, 3.05) is 13.1 Å². The van der Waals surface area contributed by atoms with E-state index in [-0.39, 0.29) is 0 Å². The smallest absolute Gasteiger partial charge is 0.135 e. The van der Waals surface area contributed by atoms with Crippen molar-refractivity contribution in [1.82, 2.24) is 4.90 Å². The minimum atomic E-state index is -1.32. The molecule has 1 heterocycles. The van der Waals surface area contributed by atoms with Gasteiger partial charge in [-0.3, -0.25) is 9.69 Å². The fourth-order valence-electron chi connectivity index (χ4n) is 3.30. The average molecular weight is 292 g/mol. The fraction of sp³-hybridized carbons (Fsp3) is 0.824. The van der Waals surface area contributed by atoms with Gasteiger partial charge in [0.05, 0.1) is 6.04 Å². The van der Waals surface area contributed by atoms with Gasteiger partial charge >= 0.3 is 0 Å². The van der Waals surface area contributed by atoms with E-state index in [0.29, 0.717) is 11.8 Å². The number of likely N-dealkylation sites (tertiary alicyclic amines) is 1. The zero-order valence-corrected chi connectivity index (χ0v) is 14.4. The third-order valence-electron chi connectivity index (χ3n) is 4.44. The molecule has 1 saturated carbocycles. The van der Waals surface area contributed by atoms with Gasteiger partial charge in [-0.05, 0) is 18.8 Å². The molecule has 1 atom stereocenters. The quantitative estimate of drug-likeness (QED) is 0.573. The van der Waals surface area contributed by atoms with Crippen LogP contribution >= 0.6 is 0 Å². The van der Waals surface area contributed by atoms with Crippen molar-refractivity contribution in [1.29, 1.82) is 0 Å². The molecule has 0 N–H and O–H groups in total. The van der Waals surface area contributed by atoms with Crippen LogP contribution in [0.15, 0.2) is 0 Å². The third-order valence-corrected chi connectivity index (χ3v) is 5.33. The number of Topliss-reactive ketones (excluding diaryl/α,β-unsaturated/α-hetero) is 1. The summed E-state index contributed by atoms with van der Waals surface area (Å²) in [6, 6.07) is 0.412. The van der Waals surface area contributed by atoms with Crippen LogP contribution in [0.25, 0.3) is 0 Å². The van der Waals surface area contributed by atoms with Crippen LogP contribution in [0.1, 0.15) is 44.9 Å². The Kier molecular flexibility index (Phi) is 5.46. The molecule has 1 aliphatic carbocycles. The Balaban J connectivity index is 2.09. The first-order chi connectivity index (χ1) is 9.46. The summed E-state index contributed by atoms with van der Waals surface area (Å²) < 4.78 is 0. The van der Waals surface area contributed by atoms with Crippen LogP contribution in [0.4, 0.5) is 0 Å². The van der Waals surface area contributed by atoms with Crippen LogP contribution in [0.3, 0.4) is 0 Å². The topological polar surface area (TPSA) is 20.3 Å². The molecule has 2 fully saturated rings. The molecule has 0 spiro atoms. The maximum Gasteiger partial charge on any atom is 0.135 e. The Bertz CT molecular complexity index is 385. The van der Waals surface area contributed by atoms with Gasteiger partial charge in [0.1, 0.15) is 13.9 Å². The maximum absolute atomic E-state index is 11.5. The maximum atomic E-state index is 11.5. The highest BCUT2D eigenvalue weighted by atomic mass is 28.3. The van der Waals surface area contributed by atoms with E-state index < -0.39 is 8.07 Å². The fourth-order valence-corrected chi connectivity index (χ4v) is 3.88. The Hall–Kier alpha value is -0.593. The van der Waals surface area contributed by atoms with Crippen molar-refractivity contribution < 1.29 is 4.79 Å². The van der Waals surface area contributed by atoms with E-state index in [9.17, 15) is 4.79 Å². The number of ketones is 1. The van der Waals surface area contributed by atoms with Gasteiger partial charge in [-0.2, -0.15) is 0 Å². The predicted octanol–water partition coefficient (Wildman–Crippen LogP) is 3.48. The summed E-state index contributed by atoms with van der Waals surface area (Å²) in [6.07, 6.45) is 8.24. The van der Waals surface area contributed by atoms with E-state index in [0.717, 1.165) is 31.8 Å². The first-order valence-electron chi connectivity index (χ1n) is 8.24. The molecule has 1 saturated heterocycles. The van der Waals surface area contributed by atoms with Crippen molar-refractivity contribution in [3.63, 3.8) is 0 Å². The molecule has 2 aliphatic rings. The van der Waals surface area contributed by atoms with Gasteiger partial charge in [0.15, 0.2) is 0 Å². The number of hydrogen-bond acceptors (Lipinski definition) is 2. The second-order valence-corrected chi connectivity index (χ2v) is 12.2. The lowest BCUT2D eigenvalue weighted by Gasteiger charge is -2.37. The van der Waals surface area contributed by atoms with Crippen molar-refractivity contribution in [3.8, 4) is 11.5 Å². The van der Waals surface area contributed by atoms with Crippen LogP contribution in [0.5, 0.6) is 0 Å². The van der Waals surface area contributed by atoms with Gasteiger partial charge in [0.25, 0.3) is 0 Å². The number of carbonyl (C=O) groups is 1. The molecule has 20 heavy (non-hydrogen) atoms. The Morgan fingerprint density at radius 2 is 1.70 bits per heavy atom. The first-order valence-corrected chi connectivity index (χ1v) is 11.7. The van der Waals surface area contributed by atoms with Gasteiger partial charge in [-0.25, -0.2) is 0 Å². The van der Waals surface area contributed by atoms with Crippen LogP contribution < -0.4 is 0 Å². The van der Waals surface area contributed by atoms with E-state index >= 15 is 0 Å². The summed E-state index contributed by atoms with van der Waals surface area (Å²) in [5.41, 5.74) is 3.59. The largest absolute Gasteiger partial charge is 0.300 e. The minimum absolute atomic E-state index is 0.412. The summed E-state index contributed by atoms with van der Waals surface area (Å²) in [4.78, 5) is 14.0. The molecule has 0 amide bonds. The molecule has 0 aromatic rings. The van der Waals surface area contributed by atoms with Gasteiger partial charge in [0, 0.05) is 25.9 Å². The van der Waals surface area contributed by atoms with Crippen molar-refractivity contribution in [2.45, 2.75) is 70.6 Å². The van der Waals surface area contributed by atoms with E-state index in [4.69, 9.17) is 0 Å². The highest BCUT2D eigenvalue weighted by Gasteiger charge is 2.30. The predicted molar refractivity (Wildman–Crippen MR) is 87.3 cm³/mol. The minimum Gasteiger partial charge on any atom is -0.300 e. The molecule has 0 aromatic carbocycles. The van der Waals surface area contributed by atoms with Gasteiger partial charge in [-0.1, -0.05) is 44.8 Å².